The van der Waals surface area contributed by atoms with Gasteiger partial charge < -0.3 is 0 Å². The van der Waals surface area contributed by atoms with E-state index in [0.29, 0.717) is 6.54 Å². The Balaban J connectivity index is 1.98. The monoisotopic (exact) mass is 331 g/mol. The summed E-state index contributed by atoms with van der Waals surface area (Å²) in [4.78, 5) is 3.29. The van der Waals surface area contributed by atoms with Gasteiger partial charge in [-0.2, -0.15) is 0 Å². The van der Waals surface area contributed by atoms with Crippen molar-refractivity contribution in [1.29, 1.82) is 0 Å². The third-order valence-electron chi connectivity index (χ3n) is 2.49. The zero-order valence-corrected chi connectivity index (χ0v) is 12.2. The van der Waals surface area contributed by atoms with Crippen LogP contribution in [0.5, 0.6) is 0 Å². The fourth-order valence-corrected chi connectivity index (χ4v) is 3.27. The van der Waals surface area contributed by atoms with Gasteiger partial charge >= 0.3 is 0 Å². The Kier molecular flexibility index (Phi) is 4.48. The molecule has 96 valence electrons. The predicted octanol–water partition coefficient (Wildman–Crippen LogP) is 4.42. The number of hydrogen-bond acceptors (Lipinski definition) is 2. The fourth-order valence-electron chi connectivity index (χ4n) is 1.71. The summed E-state index contributed by atoms with van der Waals surface area (Å²) in [5, 5.41) is 0. The second-order valence-electron chi connectivity index (χ2n) is 4.13. The van der Waals surface area contributed by atoms with Crippen molar-refractivity contribution in [3.8, 4) is 0 Å². The van der Waals surface area contributed by atoms with E-state index in [1.165, 1.54) is 17.0 Å². The van der Waals surface area contributed by atoms with Gasteiger partial charge in [0.25, 0.3) is 0 Å². The first kappa shape index (κ1) is 13.6. The van der Waals surface area contributed by atoms with Crippen molar-refractivity contribution < 1.29 is 8.78 Å². The molecule has 0 saturated carbocycles. The third kappa shape index (κ3) is 3.60. The highest BCUT2D eigenvalue weighted by atomic mass is 79.9. The molecule has 0 unspecified atom stereocenters. The van der Waals surface area contributed by atoms with E-state index in [4.69, 9.17) is 0 Å². The van der Waals surface area contributed by atoms with Crippen LogP contribution in [0.25, 0.3) is 0 Å². The molecule has 0 radical (unpaired) electrons. The maximum absolute atomic E-state index is 13.1. The Labute approximate surface area is 117 Å². The van der Waals surface area contributed by atoms with Crippen LogP contribution >= 0.6 is 27.3 Å². The highest BCUT2D eigenvalue weighted by molar-refractivity contribution is 9.11. The molecule has 0 fully saturated rings. The molecule has 1 heterocycles. The van der Waals surface area contributed by atoms with Gasteiger partial charge in [-0.1, -0.05) is 6.07 Å². The van der Waals surface area contributed by atoms with Crippen LogP contribution in [0.1, 0.15) is 10.4 Å². The highest BCUT2D eigenvalue weighted by Gasteiger charge is 2.07. The molecule has 2 rings (SSSR count). The molecule has 0 aliphatic heterocycles. The Hall–Kier alpha value is -0.780. The molecule has 0 atom stereocenters. The van der Waals surface area contributed by atoms with Crippen molar-refractivity contribution in [2.75, 3.05) is 7.05 Å². The number of thiophene rings is 1. The third-order valence-corrected chi connectivity index (χ3v) is 4.10. The fraction of sp³-hybridized carbons (Fsp3) is 0.231. The maximum atomic E-state index is 13.1. The number of rotatable bonds is 4. The Morgan fingerprint density at radius 1 is 1.11 bits per heavy atom. The van der Waals surface area contributed by atoms with Crippen molar-refractivity contribution in [1.82, 2.24) is 4.90 Å². The summed E-state index contributed by atoms with van der Waals surface area (Å²) in [6.45, 7) is 1.38. The minimum absolute atomic E-state index is 0.590. The first-order valence-corrected chi connectivity index (χ1v) is 7.02. The molecule has 0 bridgehead atoms. The molecule has 1 nitrogen and oxygen atoms in total. The highest BCUT2D eigenvalue weighted by Crippen LogP contribution is 2.23. The molecule has 5 heteroatoms. The summed E-state index contributed by atoms with van der Waals surface area (Å²) in [6.07, 6.45) is 0. The van der Waals surface area contributed by atoms with Crippen LogP contribution in [0.15, 0.2) is 34.1 Å². The lowest BCUT2D eigenvalue weighted by Crippen LogP contribution is -2.16. The van der Waals surface area contributed by atoms with Gasteiger partial charge in [0.1, 0.15) is 0 Å². The Bertz CT molecular complexity index is 542. The van der Waals surface area contributed by atoms with Gasteiger partial charge in [-0.3, -0.25) is 4.90 Å². The van der Waals surface area contributed by atoms with Gasteiger partial charge in [-0.05, 0) is 52.8 Å². The van der Waals surface area contributed by atoms with Crippen LogP contribution in [0.4, 0.5) is 8.78 Å². The van der Waals surface area contributed by atoms with Gasteiger partial charge in [0.05, 0.1) is 3.79 Å². The van der Waals surface area contributed by atoms with Crippen molar-refractivity contribution >= 4 is 27.3 Å². The molecular formula is C13H12BrF2NS. The molecule has 0 aliphatic rings. The van der Waals surface area contributed by atoms with E-state index in [9.17, 15) is 8.78 Å². The van der Waals surface area contributed by atoms with E-state index in [-0.39, 0.29) is 0 Å². The first-order chi connectivity index (χ1) is 8.54. The van der Waals surface area contributed by atoms with Crippen LogP contribution in [0.2, 0.25) is 0 Å². The minimum atomic E-state index is -0.802. The van der Waals surface area contributed by atoms with Crippen molar-refractivity contribution in [3.05, 3.63) is 56.2 Å². The summed E-state index contributed by atoms with van der Waals surface area (Å²) in [7, 11) is 1.95. The summed E-state index contributed by atoms with van der Waals surface area (Å²) in [6, 6.07) is 8.08. The van der Waals surface area contributed by atoms with Gasteiger partial charge in [0.2, 0.25) is 0 Å². The van der Waals surface area contributed by atoms with Crippen molar-refractivity contribution in [2.24, 2.45) is 0 Å². The van der Waals surface area contributed by atoms with E-state index < -0.39 is 11.6 Å². The summed E-state index contributed by atoms with van der Waals surface area (Å²) in [5.41, 5.74) is 0.770. The topological polar surface area (TPSA) is 3.24 Å². The van der Waals surface area contributed by atoms with E-state index in [0.717, 1.165) is 15.9 Å². The zero-order valence-electron chi connectivity index (χ0n) is 9.79. The lowest BCUT2D eigenvalue weighted by atomic mass is 10.2. The maximum Gasteiger partial charge on any atom is 0.159 e. The second kappa shape index (κ2) is 5.91. The largest absolute Gasteiger partial charge is 0.297 e. The molecule has 0 saturated heterocycles. The lowest BCUT2D eigenvalue weighted by molar-refractivity contribution is 0.321. The zero-order chi connectivity index (χ0) is 13.1. The van der Waals surface area contributed by atoms with Crippen molar-refractivity contribution in [2.45, 2.75) is 13.1 Å². The molecule has 0 N–H and O–H groups in total. The summed E-state index contributed by atoms with van der Waals surface area (Å²) >= 11 is 5.09. The van der Waals surface area contributed by atoms with Gasteiger partial charge in [-0.15, -0.1) is 11.3 Å². The molecule has 0 amide bonds. The number of hydrogen-bond donors (Lipinski definition) is 0. The van der Waals surface area contributed by atoms with Crippen LogP contribution in [0, 0.1) is 11.6 Å². The minimum Gasteiger partial charge on any atom is -0.297 e. The van der Waals surface area contributed by atoms with Crippen LogP contribution in [-0.4, -0.2) is 11.9 Å². The first-order valence-electron chi connectivity index (χ1n) is 5.41. The number of nitrogens with zero attached hydrogens (tertiary/aromatic N) is 1. The Morgan fingerprint density at radius 3 is 2.50 bits per heavy atom. The van der Waals surface area contributed by atoms with Crippen molar-refractivity contribution in [3.63, 3.8) is 0 Å². The smallest absolute Gasteiger partial charge is 0.159 e. The molecule has 1 aromatic carbocycles. The van der Waals surface area contributed by atoms with E-state index in [1.54, 1.807) is 17.4 Å². The van der Waals surface area contributed by atoms with Gasteiger partial charge in [0, 0.05) is 18.0 Å². The molecular weight excluding hydrogens is 320 g/mol. The average molecular weight is 332 g/mol. The average Bonchev–Trinajstić information content (AvgIpc) is 2.69. The molecule has 2 aromatic rings. The quantitative estimate of drug-likeness (QED) is 0.801. The van der Waals surface area contributed by atoms with E-state index in [1.807, 2.05) is 13.1 Å². The molecule has 1 aromatic heterocycles. The molecule has 18 heavy (non-hydrogen) atoms. The van der Waals surface area contributed by atoms with Crippen LogP contribution in [-0.2, 0) is 13.1 Å². The second-order valence-corrected chi connectivity index (χ2v) is 6.67. The number of halogens is 3. The molecule has 0 spiro atoms. The summed E-state index contributed by atoms with van der Waals surface area (Å²) in [5.74, 6) is -1.59. The standard InChI is InChI=1S/C13H12BrF2NS/c1-17(8-10-3-5-13(14)18-10)7-9-2-4-11(15)12(16)6-9/h2-6H,7-8H2,1H3. The number of benzene rings is 1. The van der Waals surface area contributed by atoms with Crippen LogP contribution < -0.4 is 0 Å². The lowest BCUT2D eigenvalue weighted by Gasteiger charge is -2.15. The van der Waals surface area contributed by atoms with E-state index >= 15 is 0 Å². The van der Waals surface area contributed by atoms with Gasteiger partial charge in [0.15, 0.2) is 11.6 Å². The predicted molar refractivity (Wildman–Crippen MR) is 73.5 cm³/mol. The summed E-state index contributed by atoms with van der Waals surface area (Å²) < 4.78 is 27.0. The normalized spacial score (nSPS) is 11.2. The van der Waals surface area contributed by atoms with Crippen LogP contribution in [0.3, 0.4) is 0 Å². The van der Waals surface area contributed by atoms with Gasteiger partial charge in [-0.25, -0.2) is 8.78 Å². The SMILES string of the molecule is CN(Cc1ccc(F)c(F)c1)Cc1ccc(Br)s1. The van der Waals surface area contributed by atoms with E-state index in [2.05, 4.69) is 26.9 Å². The Morgan fingerprint density at radius 2 is 1.89 bits per heavy atom. The molecule has 0 aliphatic carbocycles.